The molecule has 0 atom stereocenters. The molecule has 1 saturated heterocycles. The number of nitrogens with one attached hydrogen (secondary N) is 5. The molecule has 0 bridgehead atoms. The van der Waals surface area contributed by atoms with Crippen LogP contribution in [0.2, 0.25) is 0 Å². The Hall–Kier alpha value is -2.67. The summed E-state index contributed by atoms with van der Waals surface area (Å²) in [7, 11) is 0. The van der Waals surface area contributed by atoms with Crippen molar-refractivity contribution in [1.82, 2.24) is 15.3 Å². The minimum absolute atomic E-state index is 0.250. The van der Waals surface area contributed by atoms with Crippen molar-refractivity contribution in [3.8, 4) is 0 Å². The molecule has 2 heterocycles. The number of anilines is 2. The second-order valence-corrected chi connectivity index (χ2v) is 7.17. The van der Waals surface area contributed by atoms with Gasteiger partial charge in [-0.2, -0.15) is 0 Å². The van der Waals surface area contributed by atoms with Gasteiger partial charge in [-0.25, -0.2) is 4.98 Å². The smallest absolute Gasteiger partial charge is 0.276 e. The van der Waals surface area contributed by atoms with Crippen LogP contribution in [0.4, 0.5) is 11.6 Å². The molecule has 27 heavy (non-hydrogen) atoms. The summed E-state index contributed by atoms with van der Waals surface area (Å²) >= 11 is 0. The van der Waals surface area contributed by atoms with E-state index in [2.05, 4.69) is 58.0 Å². The number of benzene rings is 1. The van der Waals surface area contributed by atoms with Gasteiger partial charge < -0.3 is 21.4 Å². The highest BCUT2D eigenvalue weighted by Crippen LogP contribution is 2.15. The fourth-order valence-corrected chi connectivity index (χ4v) is 3.28. The Labute approximate surface area is 159 Å². The molecule has 144 valence electrons. The first-order chi connectivity index (χ1) is 13.1. The number of hydrogen-bond acceptors (Lipinski definition) is 6. The van der Waals surface area contributed by atoms with Crippen molar-refractivity contribution in [2.24, 2.45) is 5.92 Å². The van der Waals surface area contributed by atoms with E-state index < -0.39 is 0 Å². The van der Waals surface area contributed by atoms with E-state index in [1.165, 1.54) is 11.1 Å². The van der Waals surface area contributed by atoms with Crippen LogP contribution in [0.5, 0.6) is 0 Å². The van der Waals surface area contributed by atoms with Crippen molar-refractivity contribution in [2.75, 3.05) is 30.3 Å². The Kier molecular flexibility index (Phi) is 6.24. The van der Waals surface area contributed by atoms with Crippen LogP contribution in [0.1, 0.15) is 35.2 Å². The standard InChI is InChI=1S/C20H28N6O/c1-13-3-4-16(9-14(13)2)12-24-20-25-17(10-21)18(19(27)26-20)23-11-15-5-7-22-8-6-15/h3-4,9-10,15,21-23H,5-8,11-12H2,1-2H3,(H2,24,25,26,27). The van der Waals surface area contributed by atoms with E-state index in [0.717, 1.165) is 44.3 Å². The maximum Gasteiger partial charge on any atom is 0.276 e. The summed E-state index contributed by atoms with van der Waals surface area (Å²) in [4.78, 5) is 19.7. The Morgan fingerprint density at radius 2 is 2.00 bits per heavy atom. The Bertz CT molecular complexity index is 854. The number of rotatable bonds is 7. The lowest BCUT2D eigenvalue weighted by atomic mass is 9.98. The summed E-state index contributed by atoms with van der Waals surface area (Å²) in [6.45, 7) is 7.47. The third kappa shape index (κ3) is 4.95. The summed E-state index contributed by atoms with van der Waals surface area (Å²) in [6.07, 6.45) is 3.31. The van der Waals surface area contributed by atoms with Crippen molar-refractivity contribution in [3.63, 3.8) is 0 Å². The maximum absolute atomic E-state index is 12.5. The first-order valence-corrected chi connectivity index (χ1v) is 9.46. The van der Waals surface area contributed by atoms with Crippen molar-refractivity contribution >= 4 is 17.9 Å². The van der Waals surface area contributed by atoms with Gasteiger partial charge >= 0.3 is 0 Å². The molecule has 7 heteroatoms. The zero-order chi connectivity index (χ0) is 19.2. The van der Waals surface area contributed by atoms with E-state index >= 15 is 0 Å². The molecule has 1 aromatic carbocycles. The summed E-state index contributed by atoms with van der Waals surface area (Å²) < 4.78 is 0. The quantitative estimate of drug-likeness (QED) is 0.483. The summed E-state index contributed by atoms with van der Waals surface area (Å²) in [6, 6.07) is 6.26. The number of aryl methyl sites for hydroxylation is 2. The van der Waals surface area contributed by atoms with E-state index in [4.69, 9.17) is 5.41 Å². The number of piperidine rings is 1. The van der Waals surface area contributed by atoms with Gasteiger partial charge in [-0.15, -0.1) is 0 Å². The van der Waals surface area contributed by atoms with Crippen LogP contribution in [0, 0.1) is 25.2 Å². The van der Waals surface area contributed by atoms with Crippen molar-refractivity contribution in [1.29, 1.82) is 5.41 Å². The van der Waals surface area contributed by atoms with Gasteiger partial charge in [0.2, 0.25) is 5.95 Å². The highest BCUT2D eigenvalue weighted by Gasteiger charge is 2.15. The summed E-state index contributed by atoms with van der Waals surface area (Å²) in [5.74, 6) is 0.913. The average molecular weight is 368 g/mol. The number of aromatic amines is 1. The van der Waals surface area contributed by atoms with Crippen LogP contribution in [0.15, 0.2) is 23.0 Å². The van der Waals surface area contributed by atoms with Gasteiger partial charge in [-0.3, -0.25) is 9.78 Å². The Balaban J connectivity index is 1.68. The molecular weight excluding hydrogens is 340 g/mol. The molecule has 1 aliphatic heterocycles. The molecule has 0 radical (unpaired) electrons. The second-order valence-electron chi connectivity index (χ2n) is 7.17. The zero-order valence-corrected chi connectivity index (χ0v) is 16.0. The van der Waals surface area contributed by atoms with Crippen LogP contribution in [-0.2, 0) is 6.54 Å². The number of nitrogens with zero attached hydrogens (tertiary/aromatic N) is 1. The minimum atomic E-state index is -0.250. The SMILES string of the molecule is Cc1ccc(CNc2nc(C=N)c(NCC3CCNCC3)c(=O)[nH]2)cc1C. The fourth-order valence-electron chi connectivity index (χ4n) is 3.28. The minimum Gasteiger partial charge on any atom is -0.378 e. The van der Waals surface area contributed by atoms with Gasteiger partial charge in [0.25, 0.3) is 5.56 Å². The van der Waals surface area contributed by atoms with Gasteiger partial charge in [0.15, 0.2) is 0 Å². The van der Waals surface area contributed by atoms with Crippen LogP contribution in [0.3, 0.4) is 0 Å². The van der Waals surface area contributed by atoms with Crippen LogP contribution >= 0.6 is 0 Å². The molecule has 0 aliphatic carbocycles. The lowest BCUT2D eigenvalue weighted by Gasteiger charge is -2.23. The molecule has 0 amide bonds. The van der Waals surface area contributed by atoms with Gasteiger partial charge in [-0.05, 0) is 62.4 Å². The van der Waals surface area contributed by atoms with Crippen molar-refractivity contribution in [2.45, 2.75) is 33.2 Å². The van der Waals surface area contributed by atoms with Crippen LogP contribution in [-0.4, -0.2) is 35.8 Å². The molecule has 3 rings (SSSR count). The lowest BCUT2D eigenvalue weighted by Crippen LogP contribution is -2.32. The third-order valence-electron chi connectivity index (χ3n) is 5.14. The highest BCUT2D eigenvalue weighted by molar-refractivity contribution is 5.83. The molecule has 0 saturated carbocycles. The monoisotopic (exact) mass is 368 g/mol. The third-order valence-corrected chi connectivity index (χ3v) is 5.14. The number of hydrogen-bond donors (Lipinski definition) is 5. The van der Waals surface area contributed by atoms with E-state index in [1.54, 1.807) is 0 Å². The summed E-state index contributed by atoms with van der Waals surface area (Å²) in [5.41, 5.74) is 4.08. The average Bonchev–Trinajstić information content (AvgIpc) is 2.68. The van der Waals surface area contributed by atoms with Crippen LogP contribution in [0.25, 0.3) is 0 Å². The first kappa shape index (κ1) is 19.1. The van der Waals surface area contributed by atoms with E-state index in [1.807, 2.05) is 0 Å². The lowest BCUT2D eigenvalue weighted by molar-refractivity contribution is 0.390. The first-order valence-electron chi connectivity index (χ1n) is 9.46. The largest absolute Gasteiger partial charge is 0.378 e. The molecule has 5 N–H and O–H groups in total. The van der Waals surface area contributed by atoms with Crippen molar-refractivity contribution < 1.29 is 0 Å². The highest BCUT2D eigenvalue weighted by atomic mass is 16.1. The predicted molar refractivity (Wildman–Crippen MR) is 110 cm³/mol. The van der Waals surface area contributed by atoms with E-state index in [0.29, 0.717) is 29.8 Å². The van der Waals surface area contributed by atoms with Crippen LogP contribution < -0.4 is 21.5 Å². The molecule has 1 aromatic heterocycles. The molecule has 0 spiro atoms. The van der Waals surface area contributed by atoms with Gasteiger partial charge in [0.1, 0.15) is 11.4 Å². The van der Waals surface area contributed by atoms with Gasteiger partial charge in [0.05, 0.1) is 0 Å². The molecule has 7 nitrogen and oxygen atoms in total. The normalized spacial score (nSPS) is 14.7. The predicted octanol–water partition coefficient (Wildman–Crippen LogP) is 2.41. The Morgan fingerprint density at radius 1 is 1.22 bits per heavy atom. The van der Waals surface area contributed by atoms with E-state index in [-0.39, 0.29) is 5.56 Å². The molecule has 2 aromatic rings. The molecular formula is C20H28N6O. The number of H-pyrrole nitrogens is 1. The molecule has 1 fully saturated rings. The summed E-state index contributed by atoms with van der Waals surface area (Å²) in [5, 5.41) is 17.3. The van der Waals surface area contributed by atoms with E-state index in [9.17, 15) is 4.79 Å². The Morgan fingerprint density at radius 3 is 2.70 bits per heavy atom. The topological polar surface area (TPSA) is 106 Å². The molecule has 1 aliphatic rings. The second kappa shape index (κ2) is 8.81. The number of aromatic nitrogens is 2. The molecule has 0 unspecified atom stereocenters. The zero-order valence-electron chi connectivity index (χ0n) is 16.0. The van der Waals surface area contributed by atoms with Gasteiger partial charge in [-0.1, -0.05) is 18.2 Å². The maximum atomic E-state index is 12.5. The van der Waals surface area contributed by atoms with Gasteiger partial charge in [0, 0.05) is 19.3 Å². The van der Waals surface area contributed by atoms with Crippen molar-refractivity contribution in [3.05, 3.63) is 50.9 Å². The fraction of sp³-hybridized carbons (Fsp3) is 0.450.